The summed E-state index contributed by atoms with van der Waals surface area (Å²) in [5.74, 6) is 1.26. The van der Waals surface area contributed by atoms with E-state index in [4.69, 9.17) is 4.74 Å². The standard InChI is InChI=1S/C12H16NO3/c1-4-8-16-11-7-5-6-10(9(2)3)12(11)13(14)15/h5-7H,4,8H2,1-3H3. The summed E-state index contributed by atoms with van der Waals surface area (Å²) in [6.45, 7) is 6.16. The number of nitro benzene ring substituents is 1. The molecule has 0 aliphatic carbocycles. The Kier molecular flexibility index (Phi) is 4.28. The van der Waals surface area contributed by atoms with Crippen LogP contribution >= 0.6 is 0 Å². The Morgan fingerprint density at radius 2 is 2.12 bits per heavy atom. The van der Waals surface area contributed by atoms with Gasteiger partial charge in [0.1, 0.15) is 0 Å². The molecule has 0 unspecified atom stereocenters. The Hall–Kier alpha value is -1.58. The van der Waals surface area contributed by atoms with Gasteiger partial charge in [0.05, 0.1) is 11.5 Å². The van der Waals surface area contributed by atoms with E-state index in [0.717, 1.165) is 12.3 Å². The van der Waals surface area contributed by atoms with Gasteiger partial charge < -0.3 is 4.74 Å². The lowest BCUT2D eigenvalue weighted by Crippen LogP contribution is -2.03. The normalized spacial score (nSPS) is 10.5. The van der Waals surface area contributed by atoms with E-state index in [9.17, 15) is 10.1 Å². The summed E-state index contributed by atoms with van der Waals surface area (Å²) in [6.07, 6.45) is 0.830. The van der Waals surface area contributed by atoms with Crippen molar-refractivity contribution < 1.29 is 9.66 Å². The van der Waals surface area contributed by atoms with Gasteiger partial charge in [-0.1, -0.05) is 32.9 Å². The van der Waals surface area contributed by atoms with Crippen LogP contribution in [0.3, 0.4) is 0 Å². The lowest BCUT2D eigenvalue weighted by molar-refractivity contribution is -0.386. The number of nitro groups is 1. The van der Waals surface area contributed by atoms with E-state index in [-0.39, 0.29) is 10.6 Å². The van der Waals surface area contributed by atoms with Gasteiger partial charge in [-0.3, -0.25) is 10.1 Å². The minimum Gasteiger partial charge on any atom is -0.487 e. The van der Waals surface area contributed by atoms with Gasteiger partial charge in [-0.05, 0) is 12.5 Å². The monoisotopic (exact) mass is 222 g/mol. The van der Waals surface area contributed by atoms with Crippen LogP contribution in [-0.4, -0.2) is 11.5 Å². The number of benzene rings is 1. The molecule has 1 radical (unpaired) electrons. The van der Waals surface area contributed by atoms with Crippen molar-refractivity contribution in [2.24, 2.45) is 0 Å². The van der Waals surface area contributed by atoms with E-state index in [1.54, 1.807) is 18.2 Å². The number of hydrogen-bond acceptors (Lipinski definition) is 3. The van der Waals surface area contributed by atoms with Crippen LogP contribution in [0.5, 0.6) is 5.75 Å². The molecule has 0 saturated carbocycles. The van der Waals surface area contributed by atoms with Gasteiger partial charge in [0.15, 0.2) is 5.75 Å². The van der Waals surface area contributed by atoms with Crippen LogP contribution in [0.4, 0.5) is 5.69 Å². The van der Waals surface area contributed by atoms with Crippen molar-refractivity contribution in [1.29, 1.82) is 0 Å². The third-order valence-electron chi connectivity index (χ3n) is 2.18. The molecule has 0 aromatic heterocycles. The van der Waals surface area contributed by atoms with Crippen molar-refractivity contribution in [2.75, 3.05) is 6.61 Å². The van der Waals surface area contributed by atoms with Crippen molar-refractivity contribution in [3.63, 3.8) is 0 Å². The fourth-order valence-corrected chi connectivity index (χ4v) is 1.44. The Morgan fingerprint density at radius 3 is 2.62 bits per heavy atom. The van der Waals surface area contributed by atoms with Crippen LogP contribution in [0.15, 0.2) is 18.2 Å². The highest BCUT2D eigenvalue weighted by Crippen LogP contribution is 2.34. The van der Waals surface area contributed by atoms with E-state index >= 15 is 0 Å². The molecular formula is C12H16NO3. The Balaban J connectivity index is 3.16. The van der Waals surface area contributed by atoms with Gasteiger partial charge in [-0.15, -0.1) is 0 Å². The first-order valence-corrected chi connectivity index (χ1v) is 5.28. The topological polar surface area (TPSA) is 52.4 Å². The van der Waals surface area contributed by atoms with Gasteiger partial charge in [0.25, 0.3) is 0 Å². The zero-order valence-corrected chi connectivity index (χ0v) is 9.82. The van der Waals surface area contributed by atoms with Crippen molar-refractivity contribution in [1.82, 2.24) is 0 Å². The van der Waals surface area contributed by atoms with Gasteiger partial charge in [0, 0.05) is 11.5 Å². The predicted molar refractivity (Wildman–Crippen MR) is 62.6 cm³/mol. The summed E-state index contributed by atoms with van der Waals surface area (Å²) >= 11 is 0. The summed E-state index contributed by atoms with van der Waals surface area (Å²) < 4.78 is 5.38. The summed E-state index contributed by atoms with van der Waals surface area (Å²) in [4.78, 5) is 10.6. The van der Waals surface area contributed by atoms with Crippen LogP contribution in [0, 0.1) is 16.0 Å². The maximum absolute atomic E-state index is 11.0. The van der Waals surface area contributed by atoms with E-state index in [1.807, 2.05) is 20.8 Å². The molecule has 87 valence electrons. The SMILES string of the molecule is CCCOc1cccc([C](C)C)c1[N+](=O)[O-]. The molecular weight excluding hydrogens is 206 g/mol. The molecule has 0 bridgehead atoms. The van der Waals surface area contributed by atoms with E-state index in [0.29, 0.717) is 17.9 Å². The molecule has 1 rings (SSSR count). The Labute approximate surface area is 95.4 Å². The highest BCUT2D eigenvalue weighted by Gasteiger charge is 2.22. The fourth-order valence-electron chi connectivity index (χ4n) is 1.44. The average molecular weight is 222 g/mol. The van der Waals surface area contributed by atoms with Crippen molar-refractivity contribution in [2.45, 2.75) is 27.2 Å². The largest absolute Gasteiger partial charge is 0.487 e. The van der Waals surface area contributed by atoms with Crippen LogP contribution < -0.4 is 4.74 Å². The second kappa shape index (κ2) is 5.49. The molecule has 16 heavy (non-hydrogen) atoms. The first-order chi connectivity index (χ1) is 7.57. The smallest absolute Gasteiger partial charge is 0.314 e. The van der Waals surface area contributed by atoms with Gasteiger partial charge >= 0.3 is 5.69 Å². The maximum Gasteiger partial charge on any atom is 0.314 e. The minimum atomic E-state index is -0.382. The number of ether oxygens (including phenoxy) is 1. The van der Waals surface area contributed by atoms with E-state index in [2.05, 4.69) is 0 Å². The average Bonchev–Trinajstić information content (AvgIpc) is 2.25. The zero-order valence-electron chi connectivity index (χ0n) is 9.82. The van der Waals surface area contributed by atoms with Gasteiger partial charge in [0.2, 0.25) is 0 Å². The molecule has 0 saturated heterocycles. The summed E-state index contributed by atoms with van der Waals surface area (Å²) in [5.41, 5.74) is 0.703. The fraction of sp³-hybridized carbons (Fsp3) is 0.417. The molecule has 1 aromatic carbocycles. The quantitative estimate of drug-likeness (QED) is 0.567. The predicted octanol–water partition coefficient (Wildman–Crippen LogP) is 3.35. The molecule has 4 heteroatoms. The molecule has 0 aliphatic rings. The van der Waals surface area contributed by atoms with Crippen LogP contribution in [-0.2, 0) is 0 Å². The van der Waals surface area contributed by atoms with Gasteiger partial charge in [-0.2, -0.15) is 0 Å². The number of rotatable bonds is 5. The van der Waals surface area contributed by atoms with Crippen LogP contribution in [0.2, 0.25) is 0 Å². The summed E-state index contributed by atoms with van der Waals surface area (Å²) in [7, 11) is 0. The molecule has 0 spiro atoms. The summed E-state index contributed by atoms with van der Waals surface area (Å²) in [5, 5.41) is 11.0. The Bertz CT molecular complexity index is 375. The third-order valence-corrected chi connectivity index (χ3v) is 2.18. The molecule has 0 atom stereocenters. The Morgan fingerprint density at radius 1 is 1.44 bits per heavy atom. The van der Waals surface area contributed by atoms with Crippen molar-refractivity contribution >= 4 is 5.69 Å². The van der Waals surface area contributed by atoms with Crippen LogP contribution in [0.1, 0.15) is 32.8 Å². The highest BCUT2D eigenvalue weighted by molar-refractivity contribution is 5.57. The molecule has 1 aromatic rings. The van der Waals surface area contributed by atoms with Crippen molar-refractivity contribution in [3.8, 4) is 5.75 Å². The number of nitrogens with zero attached hydrogens (tertiary/aromatic N) is 1. The molecule has 0 aliphatic heterocycles. The van der Waals surface area contributed by atoms with Gasteiger partial charge in [-0.25, -0.2) is 0 Å². The van der Waals surface area contributed by atoms with Crippen molar-refractivity contribution in [3.05, 3.63) is 39.8 Å². The second-order valence-corrected chi connectivity index (χ2v) is 3.76. The molecule has 0 amide bonds. The highest BCUT2D eigenvalue weighted by atomic mass is 16.6. The zero-order chi connectivity index (χ0) is 12.1. The maximum atomic E-state index is 11.0. The number of hydrogen-bond donors (Lipinski definition) is 0. The third kappa shape index (κ3) is 2.72. The van der Waals surface area contributed by atoms with E-state index < -0.39 is 0 Å². The lowest BCUT2D eigenvalue weighted by atomic mass is 10.0. The summed E-state index contributed by atoms with van der Waals surface area (Å²) in [6, 6.07) is 5.16. The lowest BCUT2D eigenvalue weighted by Gasteiger charge is -2.10. The first kappa shape index (κ1) is 12.5. The number of para-hydroxylation sites is 1. The van der Waals surface area contributed by atoms with Crippen LogP contribution in [0.25, 0.3) is 0 Å². The molecule has 0 heterocycles. The first-order valence-electron chi connectivity index (χ1n) is 5.28. The van der Waals surface area contributed by atoms with E-state index in [1.165, 1.54) is 0 Å². The molecule has 4 nitrogen and oxygen atoms in total. The second-order valence-electron chi connectivity index (χ2n) is 3.76. The minimum absolute atomic E-state index is 0.0657. The molecule has 0 fully saturated rings. The molecule has 0 N–H and O–H groups in total.